The molecule has 0 aromatic carbocycles. The highest BCUT2D eigenvalue weighted by Gasteiger charge is 2.63. The summed E-state index contributed by atoms with van der Waals surface area (Å²) >= 11 is 1.80. The molecule has 0 aromatic heterocycles. The Hall–Kier alpha value is -0.0200. The van der Waals surface area contributed by atoms with Crippen LogP contribution in [0.4, 0.5) is 0 Å². The first-order chi connectivity index (χ1) is 7.04. The molecule has 0 saturated heterocycles. The van der Waals surface area contributed by atoms with Crippen molar-refractivity contribution < 1.29 is 9.90 Å². The number of thioether (sulfide) groups is 1. The lowest BCUT2D eigenvalue weighted by Crippen LogP contribution is -2.37. The fourth-order valence-corrected chi connectivity index (χ4v) is 4.63. The van der Waals surface area contributed by atoms with Crippen LogP contribution in [0.5, 0.6) is 0 Å². The topological polar surface area (TPSA) is 37.3 Å². The van der Waals surface area contributed by atoms with Crippen LogP contribution in [-0.4, -0.2) is 29.0 Å². The first-order valence-electron chi connectivity index (χ1n) is 5.76. The highest BCUT2D eigenvalue weighted by atomic mass is 32.2. The molecule has 15 heavy (non-hydrogen) atoms. The predicted molar refractivity (Wildman–Crippen MR) is 63.0 cm³/mol. The van der Waals surface area contributed by atoms with Crippen molar-refractivity contribution in [3.63, 3.8) is 0 Å². The fraction of sp³-hybridized carbons (Fsp3) is 0.917. The first-order valence-corrected chi connectivity index (χ1v) is 6.92. The maximum Gasteiger partial charge on any atom is 0.139 e. The molecule has 0 amide bonds. The second-order valence-electron chi connectivity index (χ2n) is 5.39. The number of aliphatic hydroxyl groups is 1. The summed E-state index contributed by atoms with van der Waals surface area (Å²) in [7, 11) is 0. The van der Waals surface area contributed by atoms with Crippen LogP contribution >= 0.6 is 11.8 Å². The lowest BCUT2D eigenvalue weighted by molar-refractivity contribution is -0.128. The quantitative estimate of drug-likeness (QED) is 0.749. The molecule has 86 valence electrons. The summed E-state index contributed by atoms with van der Waals surface area (Å²) < 4.78 is 0. The number of aliphatic hydroxyl groups excluding tert-OH is 1. The van der Waals surface area contributed by atoms with Crippen molar-refractivity contribution in [1.82, 2.24) is 0 Å². The molecule has 0 spiro atoms. The molecule has 1 N–H and O–H groups in total. The highest BCUT2D eigenvalue weighted by Crippen LogP contribution is 2.64. The molecule has 2 fully saturated rings. The largest absolute Gasteiger partial charge is 0.396 e. The molecule has 3 atom stereocenters. The van der Waals surface area contributed by atoms with Crippen LogP contribution in [-0.2, 0) is 4.79 Å². The van der Waals surface area contributed by atoms with Gasteiger partial charge in [0.15, 0.2) is 0 Å². The van der Waals surface area contributed by atoms with Gasteiger partial charge in [0.05, 0.1) is 6.61 Å². The Morgan fingerprint density at radius 3 is 2.73 bits per heavy atom. The number of hydrogen-bond acceptors (Lipinski definition) is 3. The van der Waals surface area contributed by atoms with Crippen LogP contribution in [0.1, 0.15) is 33.1 Å². The van der Waals surface area contributed by atoms with Crippen molar-refractivity contribution in [2.75, 3.05) is 18.1 Å². The van der Waals surface area contributed by atoms with E-state index >= 15 is 0 Å². The molecule has 0 aromatic rings. The van der Waals surface area contributed by atoms with Crippen molar-refractivity contribution in [1.29, 1.82) is 0 Å². The molecule has 2 saturated carbocycles. The van der Waals surface area contributed by atoms with Crippen LogP contribution in [0, 0.1) is 16.7 Å². The van der Waals surface area contributed by atoms with E-state index in [-0.39, 0.29) is 17.4 Å². The summed E-state index contributed by atoms with van der Waals surface area (Å²) in [6, 6.07) is 0. The molecule has 0 unspecified atom stereocenters. The third-order valence-electron chi connectivity index (χ3n) is 4.84. The minimum atomic E-state index is -0.0693. The van der Waals surface area contributed by atoms with E-state index in [0.29, 0.717) is 11.7 Å². The van der Waals surface area contributed by atoms with Gasteiger partial charge in [-0.15, -0.1) is 0 Å². The molecule has 0 radical (unpaired) electrons. The van der Waals surface area contributed by atoms with Gasteiger partial charge in [0.2, 0.25) is 0 Å². The number of ketones is 1. The molecular weight excluding hydrogens is 208 g/mol. The Labute approximate surface area is 95.8 Å². The molecule has 0 heterocycles. The normalized spacial score (nSPS) is 43.9. The SMILES string of the molecule is C[C@@]12CC[C@@H](CC1=O)[C@@]2(C)CSCCO. The number of hydrogen-bond donors (Lipinski definition) is 1. The molecule has 2 aliphatic carbocycles. The molecule has 2 aliphatic rings. The fourth-order valence-electron chi connectivity index (χ4n) is 3.38. The Morgan fingerprint density at radius 1 is 1.53 bits per heavy atom. The average molecular weight is 228 g/mol. The van der Waals surface area contributed by atoms with Gasteiger partial charge >= 0.3 is 0 Å². The first kappa shape index (κ1) is 11.5. The second kappa shape index (κ2) is 3.77. The van der Waals surface area contributed by atoms with E-state index in [1.807, 2.05) is 0 Å². The van der Waals surface area contributed by atoms with Gasteiger partial charge in [-0.05, 0) is 29.9 Å². The summed E-state index contributed by atoms with van der Waals surface area (Å²) in [6.45, 7) is 4.68. The van der Waals surface area contributed by atoms with Gasteiger partial charge in [-0.3, -0.25) is 4.79 Å². The van der Waals surface area contributed by atoms with Crippen molar-refractivity contribution in [3.05, 3.63) is 0 Å². The Balaban J connectivity index is 2.11. The van der Waals surface area contributed by atoms with E-state index < -0.39 is 0 Å². The summed E-state index contributed by atoms with van der Waals surface area (Å²) in [6.07, 6.45) is 3.10. The maximum atomic E-state index is 11.9. The molecule has 3 heteroatoms. The Kier molecular flexibility index (Phi) is 2.89. The van der Waals surface area contributed by atoms with Crippen LogP contribution in [0.3, 0.4) is 0 Å². The highest BCUT2D eigenvalue weighted by molar-refractivity contribution is 7.99. The minimum absolute atomic E-state index is 0.0693. The predicted octanol–water partition coefficient (Wildman–Crippen LogP) is 2.11. The molecule has 2 rings (SSSR count). The number of Topliss-reactive ketones (excluding diaryl/α,β-unsaturated/α-hetero) is 1. The summed E-state index contributed by atoms with van der Waals surface area (Å²) in [4.78, 5) is 11.9. The monoisotopic (exact) mass is 228 g/mol. The third-order valence-corrected chi connectivity index (χ3v) is 6.11. The van der Waals surface area contributed by atoms with Gasteiger partial charge in [-0.1, -0.05) is 13.8 Å². The number of fused-ring (bicyclic) bond motifs is 2. The number of carbonyl (C=O) groups is 1. The third kappa shape index (κ3) is 1.47. The van der Waals surface area contributed by atoms with E-state index in [2.05, 4.69) is 13.8 Å². The molecular formula is C12H20O2S. The molecule has 2 bridgehead atoms. The zero-order chi connectivity index (χ0) is 11.1. The average Bonchev–Trinajstić information content (AvgIpc) is 2.53. The second-order valence-corrected chi connectivity index (χ2v) is 6.49. The van der Waals surface area contributed by atoms with Crippen LogP contribution in [0.15, 0.2) is 0 Å². The maximum absolute atomic E-state index is 11.9. The van der Waals surface area contributed by atoms with Crippen molar-refractivity contribution >= 4 is 17.5 Å². The van der Waals surface area contributed by atoms with E-state index in [4.69, 9.17) is 5.11 Å². The van der Waals surface area contributed by atoms with Gasteiger partial charge in [-0.25, -0.2) is 0 Å². The Morgan fingerprint density at radius 2 is 2.27 bits per heavy atom. The lowest BCUT2D eigenvalue weighted by Gasteiger charge is -2.36. The zero-order valence-corrected chi connectivity index (χ0v) is 10.4. The summed E-state index contributed by atoms with van der Waals surface area (Å²) in [5.41, 5.74) is 0.115. The summed E-state index contributed by atoms with van der Waals surface area (Å²) in [5.74, 6) is 2.90. The van der Waals surface area contributed by atoms with E-state index in [0.717, 1.165) is 24.3 Å². The van der Waals surface area contributed by atoms with Crippen LogP contribution in [0.25, 0.3) is 0 Å². The van der Waals surface area contributed by atoms with E-state index in [1.54, 1.807) is 11.8 Å². The van der Waals surface area contributed by atoms with E-state index in [9.17, 15) is 4.79 Å². The van der Waals surface area contributed by atoms with Crippen LogP contribution < -0.4 is 0 Å². The van der Waals surface area contributed by atoms with Gasteiger partial charge in [0, 0.05) is 17.6 Å². The number of carbonyl (C=O) groups excluding carboxylic acids is 1. The van der Waals surface area contributed by atoms with Gasteiger partial charge in [-0.2, -0.15) is 11.8 Å². The van der Waals surface area contributed by atoms with Crippen molar-refractivity contribution in [2.24, 2.45) is 16.7 Å². The standard InChI is InChI=1S/C12H20O2S/c1-11-4-3-9(7-10(11)14)12(11,2)8-15-6-5-13/h9,13H,3-8H2,1-2H3/t9-,11+,12+/m0/s1. The minimum Gasteiger partial charge on any atom is -0.396 e. The van der Waals surface area contributed by atoms with Crippen LogP contribution in [0.2, 0.25) is 0 Å². The van der Waals surface area contributed by atoms with Crippen molar-refractivity contribution in [3.8, 4) is 0 Å². The van der Waals surface area contributed by atoms with E-state index in [1.165, 1.54) is 6.42 Å². The molecule has 2 nitrogen and oxygen atoms in total. The van der Waals surface area contributed by atoms with Gasteiger partial charge in [0.25, 0.3) is 0 Å². The zero-order valence-electron chi connectivity index (χ0n) is 9.58. The van der Waals surface area contributed by atoms with Gasteiger partial charge < -0.3 is 5.11 Å². The number of rotatable bonds is 4. The Bertz CT molecular complexity index is 279. The lowest BCUT2D eigenvalue weighted by atomic mass is 9.70. The summed E-state index contributed by atoms with van der Waals surface area (Å²) in [5, 5.41) is 8.80. The molecule has 0 aliphatic heterocycles. The van der Waals surface area contributed by atoms with Gasteiger partial charge in [0.1, 0.15) is 5.78 Å². The smallest absolute Gasteiger partial charge is 0.139 e. The van der Waals surface area contributed by atoms with Crippen molar-refractivity contribution in [2.45, 2.75) is 33.1 Å².